The SMILES string of the molecule is CN1CCN(CC(=O)NCC#N)CC1=O. The molecule has 1 N–H and O–H groups in total. The van der Waals surface area contributed by atoms with Crippen molar-refractivity contribution in [1.29, 1.82) is 5.26 Å². The van der Waals surface area contributed by atoms with Crippen molar-refractivity contribution in [3.8, 4) is 6.07 Å². The van der Waals surface area contributed by atoms with Gasteiger partial charge in [0.05, 0.1) is 19.2 Å². The first-order valence-corrected chi connectivity index (χ1v) is 4.73. The average molecular weight is 210 g/mol. The normalized spacial score (nSPS) is 17.3. The van der Waals surface area contributed by atoms with Crippen LogP contribution in [0, 0.1) is 11.3 Å². The van der Waals surface area contributed by atoms with Crippen LogP contribution in [0.1, 0.15) is 0 Å². The van der Waals surface area contributed by atoms with Crippen LogP contribution < -0.4 is 5.32 Å². The zero-order valence-electron chi connectivity index (χ0n) is 8.69. The monoisotopic (exact) mass is 210 g/mol. The molecule has 1 aliphatic heterocycles. The Morgan fingerprint density at radius 3 is 2.93 bits per heavy atom. The fourth-order valence-electron chi connectivity index (χ4n) is 1.34. The number of nitrogens with one attached hydrogen (secondary N) is 1. The second kappa shape index (κ2) is 5.32. The Labute approximate surface area is 88.4 Å². The lowest BCUT2D eigenvalue weighted by Crippen LogP contribution is -2.51. The average Bonchev–Trinajstić information content (AvgIpc) is 2.20. The molecule has 0 spiro atoms. The second-order valence-corrected chi connectivity index (χ2v) is 3.46. The van der Waals surface area contributed by atoms with Gasteiger partial charge in [-0.15, -0.1) is 0 Å². The van der Waals surface area contributed by atoms with E-state index in [-0.39, 0.29) is 31.4 Å². The molecule has 6 heteroatoms. The molecular weight excluding hydrogens is 196 g/mol. The van der Waals surface area contributed by atoms with Crippen LogP contribution in [0.5, 0.6) is 0 Å². The minimum absolute atomic E-state index is 0.0144. The zero-order chi connectivity index (χ0) is 11.3. The van der Waals surface area contributed by atoms with Gasteiger partial charge in [-0.1, -0.05) is 0 Å². The van der Waals surface area contributed by atoms with Crippen molar-refractivity contribution in [3.63, 3.8) is 0 Å². The van der Waals surface area contributed by atoms with E-state index in [1.807, 2.05) is 6.07 Å². The summed E-state index contributed by atoms with van der Waals surface area (Å²) in [6.45, 7) is 1.81. The largest absolute Gasteiger partial charge is 0.343 e. The minimum Gasteiger partial charge on any atom is -0.343 e. The quantitative estimate of drug-likeness (QED) is 0.569. The first-order chi connectivity index (χ1) is 7.13. The van der Waals surface area contributed by atoms with Crippen LogP contribution in [-0.2, 0) is 9.59 Å². The molecule has 0 aromatic heterocycles. The van der Waals surface area contributed by atoms with Crippen molar-refractivity contribution in [3.05, 3.63) is 0 Å². The van der Waals surface area contributed by atoms with Crippen LogP contribution in [0.4, 0.5) is 0 Å². The van der Waals surface area contributed by atoms with Gasteiger partial charge in [-0.25, -0.2) is 0 Å². The fraction of sp³-hybridized carbons (Fsp3) is 0.667. The molecule has 2 amide bonds. The predicted molar refractivity (Wildman–Crippen MR) is 52.7 cm³/mol. The van der Waals surface area contributed by atoms with Crippen molar-refractivity contribution in [1.82, 2.24) is 15.1 Å². The minimum atomic E-state index is -0.214. The van der Waals surface area contributed by atoms with Crippen molar-refractivity contribution < 1.29 is 9.59 Å². The number of nitrogens with zero attached hydrogens (tertiary/aromatic N) is 3. The summed E-state index contributed by atoms with van der Waals surface area (Å²) >= 11 is 0. The van der Waals surface area contributed by atoms with Gasteiger partial charge in [-0.3, -0.25) is 14.5 Å². The number of nitriles is 1. The number of carbonyl (C=O) groups is 2. The highest BCUT2D eigenvalue weighted by molar-refractivity contribution is 5.81. The predicted octanol–water partition coefficient (Wildman–Crippen LogP) is -1.60. The van der Waals surface area contributed by atoms with Gasteiger partial charge in [-0.2, -0.15) is 5.26 Å². The molecule has 0 saturated carbocycles. The summed E-state index contributed by atoms with van der Waals surface area (Å²) in [7, 11) is 1.75. The molecule has 1 fully saturated rings. The van der Waals surface area contributed by atoms with E-state index < -0.39 is 0 Å². The maximum Gasteiger partial charge on any atom is 0.236 e. The zero-order valence-corrected chi connectivity index (χ0v) is 8.69. The van der Waals surface area contributed by atoms with Crippen LogP contribution in [0.3, 0.4) is 0 Å². The Kier molecular flexibility index (Phi) is 4.06. The summed E-state index contributed by atoms with van der Waals surface area (Å²) in [4.78, 5) is 25.9. The number of hydrogen-bond donors (Lipinski definition) is 1. The van der Waals surface area contributed by atoms with E-state index >= 15 is 0 Å². The van der Waals surface area contributed by atoms with Crippen LogP contribution in [0.15, 0.2) is 0 Å². The van der Waals surface area contributed by atoms with Gasteiger partial charge in [0.2, 0.25) is 11.8 Å². The smallest absolute Gasteiger partial charge is 0.236 e. The van der Waals surface area contributed by atoms with E-state index in [9.17, 15) is 9.59 Å². The standard InChI is InChI=1S/C9H14N4O2/c1-12-4-5-13(7-9(12)15)6-8(14)11-3-2-10/h3-7H2,1H3,(H,11,14). The first-order valence-electron chi connectivity index (χ1n) is 4.73. The molecular formula is C9H14N4O2. The van der Waals surface area contributed by atoms with Gasteiger partial charge < -0.3 is 10.2 Å². The topological polar surface area (TPSA) is 76.4 Å². The molecule has 1 aliphatic rings. The summed E-state index contributed by atoms with van der Waals surface area (Å²) in [5.41, 5.74) is 0. The van der Waals surface area contributed by atoms with E-state index in [1.54, 1.807) is 16.8 Å². The van der Waals surface area contributed by atoms with Gasteiger partial charge in [0.1, 0.15) is 6.54 Å². The Bertz CT molecular complexity index is 297. The maximum atomic E-state index is 11.3. The third-order valence-electron chi connectivity index (χ3n) is 2.27. The van der Waals surface area contributed by atoms with Crippen LogP contribution in [0.2, 0.25) is 0 Å². The van der Waals surface area contributed by atoms with Crippen molar-refractivity contribution in [2.75, 3.05) is 39.8 Å². The number of carbonyl (C=O) groups excluding carboxylic acids is 2. The van der Waals surface area contributed by atoms with Crippen LogP contribution in [-0.4, -0.2) is 61.4 Å². The van der Waals surface area contributed by atoms with Crippen molar-refractivity contribution in [2.24, 2.45) is 0 Å². The van der Waals surface area contributed by atoms with Gasteiger partial charge in [-0.05, 0) is 0 Å². The molecule has 0 unspecified atom stereocenters. The number of likely N-dealkylation sites (N-methyl/N-ethyl adjacent to an activating group) is 1. The van der Waals surface area contributed by atoms with Crippen LogP contribution in [0.25, 0.3) is 0 Å². The third kappa shape index (κ3) is 3.56. The molecule has 0 aromatic carbocycles. The van der Waals surface area contributed by atoms with Gasteiger partial charge >= 0.3 is 0 Å². The molecule has 0 aromatic rings. The summed E-state index contributed by atoms with van der Waals surface area (Å²) in [5.74, 6) is -0.191. The van der Waals surface area contributed by atoms with E-state index in [2.05, 4.69) is 5.32 Å². The summed E-state index contributed by atoms with van der Waals surface area (Å²) in [5, 5.41) is 10.7. The number of rotatable bonds is 3. The van der Waals surface area contributed by atoms with Gasteiger partial charge in [0.15, 0.2) is 0 Å². The van der Waals surface area contributed by atoms with E-state index in [0.717, 1.165) is 0 Å². The summed E-state index contributed by atoms with van der Waals surface area (Å²) in [6.07, 6.45) is 0. The van der Waals surface area contributed by atoms with E-state index in [4.69, 9.17) is 5.26 Å². The van der Waals surface area contributed by atoms with Gasteiger partial charge in [0, 0.05) is 20.1 Å². The number of hydrogen-bond acceptors (Lipinski definition) is 4. The molecule has 0 bridgehead atoms. The second-order valence-electron chi connectivity index (χ2n) is 3.46. The Balaban J connectivity index is 2.31. The molecule has 0 aliphatic carbocycles. The Morgan fingerprint density at radius 2 is 2.33 bits per heavy atom. The van der Waals surface area contributed by atoms with Crippen LogP contribution >= 0.6 is 0 Å². The van der Waals surface area contributed by atoms with E-state index in [0.29, 0.717) is 13.1 Å². The lowest BCUT2D eigenvalue weighted by atomic mass is 10.3. The molecule has 1 saturated heterocycles. The molecule has 0 atom stereocenters. The maximum absolute atomic E-state index is 11.3. The Morgan fingerprint density at radius 1 is 1.60 bits per heavy atom. The fourth-order valence-corrected chi connectivity index (χ4v) is 1.34. The van der Waals surface area contributed by atoms with Crippen molar-refractivity contribution >= 4 is 11.8 Å². The highest BCUT2D eigenvalue weighted by atomic mass is 16.2. The molecule has 0 radical (unpaired) electrons. The Hall–Kier alpha value is -1.61. The number of piperazine rings is 1. The first kappa shape index (κ1) is 11.5. The third-order valence-corrected chi connectivity index (χ3v) is 2.27. The lowest BCUT2D eigenvalue weighted by molar-refractivity contribution is -0.135. The molecule has 6 nitrogen and oxygen atoms in total. The highest BCUT2D eigenvalue weighted by Crippen LogP contribution is 1.99. The highest BCUT2D eigenvalue weighted by Gasteiger charge is 2.22. The molecule has 1 heterocycles. The van der Waals surface area contributed by atoms with E-state index in [1.165, 1.54) is 0 Å². The summed E-state index contributed by atoms with van der Waals surface area (Å²) < 4.78 is 0. The van der Waals surface area contributed by atoms with Crippen molar-refractivity contribution in [2.45, 2.75) is 0 Å². The molecule has 15 heavy (non-hydrogen) atoms. The van der Waals surface area contributed by atoms with Gasteiger partial charge in [0.25, 0.3) is 0 Å². The molecule has 1 rings (SSSR count). The lowest BCUT2D eigenvalue weighted by Gasteiger charge is -2.31. The number of amides is 2. The molecule has 82 valence electrons. The summed E-state index contributed by atoms with van der Waals surface area (Å²) in [6, 6.07) is 1.83.